The number of sulfone groups is 1. The highest BCUT2D eigenvalue weighted by atomic mass is 32.2. The summed E-state index contributed by atoms with van der Waals surface area (Å²) in [5, 5.41) is 0. The molecule has 0 bridgehead atoms. The first-order chi connectivity index (χ1) is 14.2. The van der Waals surface area contributed by atoms with Gasteiger partial charge in [0.25, 0.3) is 0 Å². The highest BCUT2D eigenvalue weighted by Gasteiger charge is 2.28. The van der Waals surface area contributed by atoms with Crippen molar-refractivity contribution in [1.29, 1.82) is 0 Å². The molecule has 1 fully saturated rings. The van der Waals surface area contributed by atoms with Gasteiger partial charge in [-0.25, -0.2) is 8.42 Å². The van der Waals surface area contributed by atoms with Gasteiger partial charge in [0.15, 0.2) is 9.84 Å². The summed E-state index contributed by atoms with van der Waals surface area (Å²) in [7, 11) is -3.15. The molecule has 0 radical (unpaired) electrons. The van der Waals surface area contributed by atoms with E-state index in [-0.39, 0.29) is 5.75 Å². The molecule has 3 rings (SSSR count). The van der Waals surface area contributed by atoms with Crippen LogP contribution in [0.25, 0.3) is 0 Å². The van der Waals surface area contributed by atoms with Gasteiger partial charge in [-0.1, -0.05) is 43.3 Å². The molecule has 2 aromatic rings. The van der Waals surface area contributed by atoms with Crippen LogP contribution in [0.2, 0.25) is 0 Å². The molecule has 2 aromatic carbocycles. The highest BCUT2D eigenvalue weighted by molar-refractivity contribution is 7.91. The molecule has 164 valence electrons. The first-order valence-electron chi connectivity index (χ1n) is 11.3. The van der Waals surface area contributed by atoms with Crippen molar-refractivity contribution in [3.8, 4) is 5.75 Å². The zero-order valence-corrected chi connectivity index (χ0v) is 19.7. The van der Waals surface area contributed by atoms with Gasteiger partial charge in [-0.05, 0) is 94.0 Å². The van der Waals surface area contributed by atoms with Crippen molar-refractivity contribution in [2.75, 3.05) is 0 Å². The number of ether oxygens (including phenoxy) is 1. The highest BCUT2D eigenvalue weighted by Crippen LogP contribution is 2.28. The topological polar surface area (TPSA) is 43.4 Å². The predicted octanol–water partition coefficient (Wildman–Crippen LogP) is 6.07. The third-order valence-corrected chi connectivity index (χ3v) is 8.70. The third-order valence-electron chi connectivity index (χ3n) is 6.12. The molecule has 0 N–H and O–H groups in total. The zero-order valence-electron chi connectivity index (χ0n) is 18.9. The molecule has 4 heteroatoms. The maximum absolute atomic E-state index is 12.4. The van der Waals surface area contributed by atoms with Gasteiger partial charge in [0.2, 0.25) is 0 Å². The van der Waals surface area contributed by atoms with Crippen LogP contribution in [0.1, 0.15) is 75.6 Å². The molecule has 1 aliphatic rings. The van der Waals surface area contributed by atoms with Crippen LogP contribution in [0.15, 0.2) is 42.5 Å². The van der Waals surface area contributed by atoms with Crippen LogP contribution < -0.4 is 4.74 Å². The zero-order chi connectivity index (χ0) is 21.8. The largest absolute Gasteiger partial charge is 0.490 e. The number of aryl methyl sites for hydroxylation is 3. The van der Waals surface area contributed by atoms with Crippen LogP contribution in [-0.4, -0.2) is 19.3 Å². The fraction of sp³-hybridized carbons (Fsp3) is 0.538. The van der Waals surface area contributed by atoms with Crippen molar-refractivity contribution in [2.45, 2.75) is 89.2 Å². The number of hydrogen-bond acceptors (Lipinski definition) is 3. The Morgan fingerprint density at radius 2 is 1.47 bits per heavy atom. The van der Waals surface area contributed by atoms with Gasteiger partial charge in [-0.2, -0.15) is 0 Å². The normalized spacial score (nSPS) is 15.5. The van der Waals surface area contributed by atoms with Crippen LogP contribution in [0.4, 0.5) is 0 Å². The summed E-state index contributed by atoms with van der Waals surface area (Å²) < 4.78 is 30.3. The van der Waals surface area contributed by atoms with Crippen molar-refractivity contribution in [3.63, 3.8) is 0 Å². The Morgan fingerprint density at radius 3 is 2.07 bits per heavy atom. The van der Waals surface area contributed by atoms with E-state index in [1.165, 1.54) is 42.4 Å². The first kappa shape index (κ1) is 22.9. The van der Waals surface area contributed by atoms with Crippen LogP contribution in [0.5, 0.6) is 5.75 Å². The van der Waals surface area contributed by atoms with Gasteiger partial charge in [0, 0.05) is 0 Å². The summed E-state index contributed by atoms with van der Waals surface area (Å²) >= 11 is 0. The van der Waals surface area contributed by atoms with Crippen LogP contribution >= 0.6 is 0 Å². The lowest BCUT2D eigenvalue weighted by atomic mass is 10.0. The van der Waals surface area contributed by atoms with E-state index < -0.39 is 14.6 Å². The average Bonchev–Trinajstić information content (AvgIpc) is 3.20. The SMILES string of the molecule is CCc1cc(CCc2ccc(CS(=O)(=O)C(C)(C)C)cc2)ccc1OC1CCCC1. The van der Waals surface area contributed by atoms with Crippen molar-refractivity contribution in [3.05, 3.63) is 64.7 Å². The third kappa shape index (κ3) is 5.87. The monoisotopic (exact) mass is 428 g/mol. The summed E-state index contributed by atoms with van der Waals surface area (Å²) in [5.74, 6) is 1.15. The molecule has 0 saturated heterocycles. The molecule has 0 unspecified atom stereocenters. The molecule has 0 aromatic heterocycles. The van der Waals surface area contributed by atoms with Gasteiger partial charge in [0.1, 0.15) is 5.75 Å². The lowest BCUT2D eigenvalue weighted by molar-refractivity contribution is 0.208. The predicted molar refractivity (Wildman–Crippen MR) is 125 cm³/mol. The van der Waals surface area contributed by atoms with Crippen molar-refractivity contribution in [1.82, 2.24) is 0 Å². The maximum atomic E-state index is 12.4. The quantitative estimate of drug-likeness (QED) is 0.512. The van der Waals surface area contributed by atoms with Crippen LogP contribution in [0.3, 0.4) is 0 Å². The van der Waals surface area contributed by atoms with E-state index in [2.05, 4.69) is 37.3 Å². The van der Waals surface area contributed by atoms with E-state index >= 15 is 0 Å². The standard InChI is InChI=1S/C26H36O3S/c1-5-23-18-21(16-17-25(23)29-24-8-6-7-9-24)13-10-20-11-14-22(15-12-20)19-30(27,28)26(2,3)4/h11-12,14-18,24H,5-10,13,19H2,1-4H3. The molecular formula is C26H36O3S. The molecule has 30 heavy (non-hydrogen) atoms. The second kappa shape index (κ2) is 9.55. The fourth-order valence-electron chi connectivity index (χ4n) is 3.89. The molecule has 0 spiro atoms. The minimum atomic E-state index is -3.15. The average molecular weight is 429 g/mol. The van der Waals surface area contributed by atoms with Crippen molar-refractivity contribution < 1.29 is 13.2 Å². The molecule has 1 aliphatic carbocycles. The van der Waals surface area contributed by atoms with Crippen LogP contribution in [0, 0.1) is 0 Å². The molecule has 0 aliphatic heterocycles. The van der Waals surface area contributed by atoms with Gasteiger partial charge in [-0.3, -0.25) is 0 Å². The summed E-state index contributed by atoms with van der Waals surface area (Å²) in [6.07, 6.45) is 8.20. The molecule has 1 saturated carbocycles. The van der Waals surface area contributed by atoms with Crippen molar-refractivity contribution in [2.24, 2.45) is 0 Å². The van der Waals surface area contributed by atoms with Gasteiger partial charge in [0.05, 0.1) is 16.6 Å². The minimum Gasteiger partial charge on any atom is -0.490 e. The maximum Gasteiger partial charge on any atom is 0.159 e. The number of benzene rings is 2. The Hall–Kier alpha value is -1.81. The Kier molecular flexibility index (Phi) is 7.28. The first-order valence-corrected chi connectivity index (χ1v) is 12.9. The van der Waals surface area contributed by atoms with E-state index in [9.17, 15) is 8.42 Å². The number of hydrogen-bond donors (Lipinski definition) is 0. The lowest BCUT2D eigenvalue weighted by Gasteiger charge is -2.19. The minimum absolute atomic E-state index is 0.0963. The summed E-state index contributed by atoms with van der Waals surface area (Å²) in [5.41, 5.74) is 4.71. The van der Waals surface area contributed by atoms with Crippen LogP contribution in [-0.2, 0) is 34.9 Å². The summed E-state index contributed by atoms with van der Waals surface area (Å²) in [6, 6.07) is 14.6. The fourth-order valence-corrected chi connectivity index (χ4v) is 4.96. The van der Waals surface area contributed by atoms with E-state index in [4.69, 9.17) is 4.74 Å². The van der Waals surface area contributed by atoms with E-state index in [0.717, 1.165) is 30.6 Å². The molecular weight excluding hydrogens is 392 g/mol. The molecule has 0 amide bonds. The smallest absolute Gasteiger partial charge is 0.159 e. The molecule has 3 nitrogen and oxygen atoms in total. The summed E-state index contributed by atoms with van der Waals surface area (Å²) in [6.45, 7) is 7.45. The van der Waals surface area contributed by atoms with E-state index in [1.807, 2.05) is 12.1 Å². The second-order valence-electron chi connectivity index (χ2n) is 9.51. The number of rotatable bonds is 8. The summed E-state index contributed by atoms with van der Waals surface area (Å²) in [4.78, 5) is 0. The van der Waals surface area contributed by atoms with Gasteiger partial charge in [-0.15, -0.1) is 0 Å². The Bertz CT molecular complexity index is 931. The van der Waals surface area contributed by atoms with Gasteiger partial charge < -0.3 is 4.74 Å². The van der Waals surface area contributed by atoms with E-state index in [1.54, 1.807) is 20.8 Å². The Labute approximate surface area is 182 Å². The Morgan fingerprint density at radius 1 is 0.900 bits per heavy atom. The van der Waals surface area contributed by atoms with Gasteiger partial charge >= 0.3 is 0 Å². The van der Waals surface area contributed by atoms with E-state index in [0.29, 0.717) is 6.10 Å². The lowest BCUT2D eigenvalue weighted by Crippen LogP contribution is -2.29. The Balaban J connectivity index is 1.60. The molecule has 0 heterocycles. The van der Waals surface area contributed by atoms with Crippen molar-refractivity contribution >= 4 is 9.84 Å². The second-order valence-corrected chi connectivity index (χ2v) is 12.3. The molecule has 0 atom stereocenters.